The molecule has 3 rings (SSSR count). The van der Waals surface area contributed by atoms with Crippen molar-refractivity contribution in [1.82, 2.24) is 0 Å². The Balaban J connectivity index is 2.13. The molecule has 1 amide bonds. The van der Waals surface area contributed by atoms with Gasteiger partial charge in [-0.05, 0) is 18.2 Å². The highest BCUT2D eigenvalue weighted by Crippen LogP contribution is 2.42. The number of ether oxygens (including phenoxy) is 3. The van der Waals surface area contributed by atoms with Gasteiger partial charge in [0, 0.05) is 22.8 Å². The van der Waals surface area contributed by atoms with Crippen LogP contribution in [0.2, 0.25) is 0 Å². The number of nitrogens with one attached hydrogen (secondary N) is 1. The molecule has 6 heteroatoms. The standard InChI is InChI=1S/C18H17NO5/c1-22-14-6-4-5-10(17(14)20)7-12-11-8-15(23-2)16(24-3)9-13(11)19-18(12)21/h4-9,20H,1-3H3,(H,19,21)/b12-7+. The minimum absolute atomic E-state index is 0.0192. The van der Waals surface area contributed by atoms with E-state index in [4.69, 9.17) is 14.2 Å². The second-order valence-corrected chi connectivity index (χ2v) is 5.16. The average Bonchev–Trinajstić information content (AvgIpc) is 2.90. The number of methoxy groups -OCH3 is 3. The van der Waals surface area contributed by atoms with Gasteiger partial charge in [0.1, 0.15) is 0 Å². The molecular weight excluding hydrogens is 310 g/mol. The molecule has 124 valence electrons. The number of hydrogen-bond donors (Lipinski definition) is 2. The third-order valence-corrected chi connectivity index (χ3v) is 3.86. The van der Waals surface area contributed by atoms with Crippen molar-refractivity contribution in [1.29, 1.82) is 0 Å². The lowest BCUT2D eigenvalue weighted by Crippen LogP contribution is -2.03. The summed E-state index contributed by atoms with van der Waals surface area (Å²) < 4.78 is 15.6. The van der Waals surface area contributed by atoms with Gasteiger partial charge in [0.15, 0.2) is 23.0 Å². The quantitative estimate of drug-likeness (QED) is 0.844. The van der Waals surface area contributed by atoms with E-state index < -0.39 is 0 Å². The molecule has 0 unspecified atom stereocenters. The van der Waals surface area contributed by atoms with Crippen LogP contribution in [0.25, 0.3) is 11.6 Å². The summed E-state index contributed by atoms with van der Waals surface area (Å²) in [6.07, 6.45) is 1.62. The fraction of sp³-hybridized carbons (Fsp3) is 0.167. The van der Waals surface area contributed by atoms with E-state index in [1.165, 1.54) is 21.3 Å². The highest BCUT2D eigenvalue weighted by molar-refractivity contribution is 6.35. The maximum atomic E-state index is 12.3. The van der Waals surface area contributed by atoms with Crippen molar-refractivity contribution < 1.29 is 24.1 Å². The highest BCUT2D eigenvalue weighted by Gasteiger charge is 2.27. The van der Waals surface area contributed by atoms with E-state index in [1.54, 1.807) is 36.4 Å². The van der Waals surface area contributed by atoms with E-state index in [0.29, 0.717) is 39.6 Å². The van der Waals surface area contributed by atoms with Crippen LogP contribution in [0.3, 0.4) is 0 Å². The van der Waals surface area contributed by atoms with Crippen LogP contribution in [0.5, 0.6) is 23.0 Å². The van der Waals surface area contributed by atoms with Crippen LogP contribution >= 0.6 is 0 Å². The van der Waals surface area contributed by atoms with Crippen molar-refractivity contribution in [2.24, 2.45) is 0 Å². The molecule has 0 atom stereocenters. The summed E-state index contributed by atoms with van der Waals surface area (Å²) in [5.74, 6) is 1.11. The second-order valence-electron chi connectivity index (χ2n) is 5.16. The molecule has 6 nitrogen and oxygen atoms in total. The maximum absolute atomic E-state index is 12.3. The summed E-state index contributed by atoms with van der Waals surface area (Å²) >= 11 is 0. The summed E-state index contributed by atoms with van der Waals surface area (Å²) in [6.45, 7) is 0. The Morgan fingerprint density at radius 1 is 1.00 bits per heavy atom. The second kappa shape index (κ2) is 6.16. The van der Waals surface area contributed by atoms with Crippen molar-refractivity contribution in [3.05, 3.63) is 41.5 Å². The fourth-order valence-corrected chi connectivity index (χ4v) is 2.64. The summed E-state index contributed by atoms with van der Waals surface area (Å²) in [6, 6.07) is 8.53. The zero-order chi connectivity index (χ0) is 17.3. The van der Waals surface area contributed by atoms with Gasteiger partial charge >= 0.3 is 0 Å². The monoisotopic (exact) mass is 327 g/mol. The maximum Gasteiger partial charge on any atom is 0.256 e. The van der Waals surface area contributed by atoms with E-state index >= 15 is 0 Å². The largest absolute Gasteiger partial charge is 0.504 e. The van der Waals surface area contributed by atoms with Crippen LogP contribution in [0, 0.1) is 0 Å². The number of aromatic hydroxyl groups is 1. The van der Waals surface area contributed by atoms with Crippen LogP contribution in [0.1, 0.15) is 11.1 Å². The Hall–Kier alpha value is -3.15. The number of phenols is 1. The molecule has 0 aromatic heterocycles. The fourth-order valence-electron chi connectivity index (χ4n) is 2.64. The SMILES string of the molecule is COc1cc2c(cc1OC)/C(=C\c1cccc(OC)c1O)C(=O)N2. The minimum Gasteiger partial charge on any atom is -0.504 e. The van der Waals surface area contributed by atoms with Crippen molar-refractivity contribution in [2.45, 2.75) is 0 Å². The Labute approximate surface area is 139 Å². The number of benzene rings is 2. The first kappa shape index (κ1) is 15.7. The first-order chi connectivity index (χ1) is 11.6. The Kier molecular flexibility index (Phi) is 4.04. The molecule has 1 heterocycles. The van der Waals surface area contributed by atoms with Gasteiger partial charge in [-0.1, -0.05) is 12.1 Å². The normalized spacial score (nSPS) is 14.3. The molecule has 0 bridgehead atoms. The van der Waals surface area contributed by atoms with Gasteiger partial charge in [-0.25, -0.2) is 0 Å². The van der Waals surface area contributed by atoms with Crippen LogP contribution in [0.4, 0.5) is 5.69 Å². The molecule has 2 aromatic carbocycles. The number of anilines is 1. The van der Waals surface area contributed by atoms with Crippen molar-refractivity contribution in [3.63, 3.8) is 0 Å². The molecule has 2 N–H and O–H groups in total. The average molecular weight is 327 g/mol. The predicted octanol–water partition coefficient (Wildman–Crippen LogP) is 2.91. The number of fused-ring (bicyclic) bond motifs is 1. The van der Waals surface area contributed by atoms with Gasteiger partial charge in [-0.15, -0.1) is 0 Å². The number of amides is 1. The Morgan fingerprint density at radius 3 is 2.33 bits per heavy atom. The zero-order valence-corrected chi connectivity index (χ0v) is 13.5. The summed E-state index contributed by atoms with van der Waals surface area (Å²) in [7, 11) is 4.54. The van der Waals surface area contributed by atoms with Gasteiger partial charge in [0.2, 0.25) is 0 Å². The van der Waals surface area contributed by atoms with Crippen LogP contribution in [-0.4, -0.2) is 32.3 Å². The summed E-state index contributed by atoms with van der Waals surface area (Å²) in [5, 5.41) is 13.0. The van der Waals surface area contributed by atoms with Crippen molar-refractivity contribution in [2.75, 3.05) is 26.6 Å². The number of hydrogen-bond acceptors (Lipinski definition) is 5. The van der Waals surface area contributed by atoms with Crippen LogP contribution in [-0.2, 0) is 4.79 Å². The molecule has 0 aliphatic carbocycles. The predicted molar refractivity (Wildman–Crippen MR) is 90.7 cm³/mol. The Bertz CT molecular complexity index is 842. The topological polar surface area (TPSA) is 77.0 Å². The first-order valence-electron chi connectivity index (χ1n) is 7.24. The number of phenolic OH excluding ortho intramolecular Hbond substituents is 1. The molecule has 1 aliphatic heterocycles. The number of carbonyl (C=O) groups is 1. The number of rotatable bonds is 4. The molecule has 2 aromatic rings. The highest BCUT2D eigenvalue weighted by atomic mass is 16.5. The molecule has 1 aliphatic rings. The summed E-state index contributed by atoms with van der Waals surface area (Å²) in [5.41, 5.74) is 2.22. The van der Waals surface area contributed by atoms with Crippen molar-refractivity contribution >= 4 is 23.2 Å². The van der Waals surface area contributed by atoms with Crippen LogP contribution in [0.15, 0.2) is 30.3 Å². The molecule has 0 saturated heterocycles. The molecule has 0 saturated carbocycles. The lowest BCUT2D eigenvalue weighted by Gasteiger charge is -2.10. The molecule has 0 fully saturated rings. The molecule has 0 radical (unpaired) electrons. The Morgan fingerprint density at radius 2 is 1.67 bits per heavy atom. The molecular formula is C18H17NO5. The number of carbonyl (C=O) groups excluding carboxylic acids is 1. The lowest BCUT2D eigenvalue weighted by atomic mass is 10.0. The van der Waals surface area contributed by atoms with E-state index in [9.17, 15) is 9.90 Å². The smallest absolute Gasteiger partial charge is 0.256 e. The number of para-hydroxylation sites is 1. The van der Waals surface area contributed by atoms with E-state index in [0.717, 1.165) is 0 Å². The van der Waals surface area contributed by atoms with E-state index in [-0.39, 0.29) is 11.7 Å². The van der Waals surface area contributed by atoms with Gasteiger partial charge in [0.25, 0.3) is 5.91 Å². The molecule has 24 heavy (non-hydrogen) atoms. The zero-order valence-electron chi connectivity index (χ0n) is 13.5. The summed E-state index contributed by atoms with van der Waals surface area (Å²) in [4.78, 5) is 12.3. The van der Waals surface area contributed by atoms with E-state index in [2.05, 4.69) is 5.32 Å². The van der Waals surface area contributed by atoms with Gasteiger partial charge in [0.05, 0.1) is 27.0 Å². The van der Waals surface area contributed by atoms with Gasteiger partial charge in [-0.3, -0.25) is 4.79 Å². The van der Waals surface area contributed by atoms with Crippen LogP contribution < -0.4 is 19.5 Å². The minimum atomic E-state index is -0.262. The lowest BCUT2D eigenvalue weighted by molar-refractivity contribution is -0.110. The first-order valence-corrected chi connectivity index (χ1v) is 7.24. The van der Waals surface area contributed by atoms with Crippen molar-refractivity contribution in [3.8, 4) is 23.0 Å². The van der Waals surface area contributed by atoms with Gasteiger partial charge in [-0.2, -0.15) is 0 Å². The molecule has 0 spiro atoms. The van der Waals surface area contributed by atoms with E-state index in [1.807, 2.05) is 0 Å². The third kappa shape index (κ3) is 2.52. The third-order valence-electron chi connectivity index (χ3n) is 3.86. The van der Waals surface area contributed by atoms with Gasteiger partial charge < -0.3 is 24.6 Å².